The van der Waals surface area contributed by atoms with Gasteiger partial charge in [0, 0.05) is 30.7 Å². The molecule has 186 valence electrons. The van der Waals surface area contributed by atoms with Crippen molar-refractivity contribution in [1.82, 2.24) is 10.3 Å². The molecule has 1 saturated carbocycles. The fraction of sp³-hybridized carbons (Fsp3) is 0.632. The summed E-state index contributed by atoms with van der Waals surface area (Å²) in [5.41, 5.74) is 1.36. The van der Waals surface area contributed by atoms with Gasteiger partial charge in [0.1, 0.15) is 11.6 Å². The highest BCUT2D eigenvalue weighted by molar-refractivity contribution is 5.73. The standard InChI is InChI=1S/C15H21N3O.2C2HF3O2/c1-10-6-16-7-13-4-12-5-14(19-9-11-2-3-11)8-17-15(12)18(10)13;2*3-2(4,5)1(6)7/h5,8,10-11,13,16H,2-4,6-7,9H2,1H3;2*(H,6,7)/t10-,13-;;/m1../s1. The summed E-state index contributed by atoms with van der Waals surface area (Å²) in [6.07, 6.45) is -4.51. The number of ether oxygens (including phenoxy) is 1. The van der Waals surface area contributed by atoms with E-state index in [0.29, 0.717) is 12.1 Å². The molecule has 1 aliphatic carbocycles. The van der Waals surface area contributed by atoms with Crippen LogP contribution in [0.15, 0.2) is 12.3 Å². The Morgan fingerprint density at radius 2 is 1.67 bits per heavy atom. The molecule has 0 spiro atoms. The zero-order valence-corrected chi connectivity index (χ0v) is 17.4. The van der Waals surface area contributed by atoms with E-state index in [-0.39, 0.29) is 0 Å². The van der Waals surface area contributed by atoms with Crippen LogP contribution in [-0.4, -0.2) is 71.3 Å². The lowest BCUT2D eigenvalue weighted by atomic mass is 10.1. The molecule has 33 heavy (non-hydrogen) atoms. The Kier molecular flexibility index (Phi) is 8.38. The minimum atomic E-state index is -5.08. The second-order valence-corrected chi connectivity index (χ2v) is 7.79. The zero-order valence-electron chi connectivity index (χ0n) is 17.4. The van der Waals surface area contributed by atoms with Gasteiger partial charge in [0.15, 0.2) is 0 Å². The van der Waals surface area contributed by atoms with Gasteiger partial charge in [0.2, 0.25) is 0 Å². The van der Waals surface area contributed by atoms with Gasteiger partial charge in [0.25, 0.3) is 0 Å². The molecule has 3 aliphatic rings. The summed E-state index contributed by atoms with van der Waals surface area (Å²) in [5, 5.41) is 17.8. The van der Waals surface area contributed by atoms with Crippen LogP contribution in [-0.2, 0) is 16.0 Å². The number of carboxylic acid groups (broad SMARTS) is 2. The highest BCUT2D eigenvalue weighted by atomic mass is 19.4. The maximum atomic E-state index is 10.6. The molecular weight excluding hydrogens is 464 g/mol. The van der Waals surface area contributed by atoms with Crippen LogP contribution < -0.4 is 15.0 Å². The molecule has 0 amide bonds. The molecule has 3 N–H and O–H groups in total. The van der Waals surface area contributed by atoms with Crippen molar-refractivity contribution in [1.29, 1.82) is 0 Å². The number of piperazine rings is 1. The number of pyridine rings is 1. The average molecular weight is 487 g/mol. The van der Waals surface area contributed by atoms with Gasteiger partial charge in [0.05, 0.1) is 12.8 Å². The second-order valence-electron chi connectivity index (χ2n) is 7.79. The second kappa shape index (κ2) is 10.4. The molecule has 14 heteroatoms. The maximum absolute atomic E-state index is 10.6. The van der Waals surface area contributed by atoms with E-state index in [0.717, 1.165) is 37.8 Å². The smallest absolute Gasteiger partial charge is 0.490 e. The van der Waals surface area contributed by atoms with E-state index in [1.54, 1.807) is 0 Å². The molecule has 1 aromatic rings. The van der Waals surface area contributed by atoms with Crippen molar-refractivity contribution in [2.24, 2.45) is 5.92 Å². The normalized spacial score (nSPS) is 21.5. The van der Waals surface area contributed by atoms with Crippen LogP contribution in [0.2, 0.25) is 0 Å². The van der Waals surface area contributed by atoms with Crippen molar-refractivity contribution < 1.29 is 50.9 Å². The molecule has 0 radical (unpaired) electrons. The minimum absolute atomic E-state index is 0.533. The number of anilines is 1. The molecule has 2 aliphatic heterocycles. The lowest BCUT2D eigenvalue weighted by Crippen LogP contribution is -2.55. The average Bonchev–Trinajstić information content (AvgIpc) is 3.44. The fourth-order valence-corrected chi connectivity index (χ4v) is 3.26. The third kappa shape index (κ3) is 7.94. The molecule has 3 heterocycles. The predicted octanol–water partition coefficient (Wildman–Crippen LogP) is 2.86. The highest BCUT2D eigenvalue weighted by Crippen LogP contribution is 2.36. The number of rotatable bonds is 3. The number of fused-ring (bicyclic) bond motifs is 3. The van der Waals surface area contributed by atoms with E-state index >= 15 is 0 Å². The van der Waals surface area contributed by atoms with Crippen molar-refractivity contribution in [3.8, 4) is 5.75 Å². The number of nitrogens with zero attached hydrogens (tertiary/aromatic N) is 2. The zero-order chi connectivity index (χ0) is 25.0. The number of aromatic nitrogens is 1. The lowest BCUT2D eigenvalue weighted by Gasteiger charge is -2.37. The molecule has 8 nitrogen and oxygen atoms in total. The summed E-state index contributed by atoms with van der Waals surface area (Å²) < 4.78 is 69.3. The van der Waals surface area contributed by atoms with E-state index in [1.807, 2.05) is 6.20 Å². The van der Waals surface area contributed by atoms with E-state index in [1.165, 1.54) is 24.2 Å². The van der Waals surface area contributed by atoms with E-state index in [4.69, 9.17) is 24.5 Å². The Morgan fingerprint density at radius 1 is 1.12 bits per heavy atom. The number of carboxylic acids is 2. The summed E-state index contributed by atoms with van der Waals surface area (Å²) in [6, 6.07) is 3.31. The Bertz CT molecular complexity index is 820. The Morgan fingerprint density at radius 3 is 2.15 bits per heavy atom. The first-order valence-electron chi connectivity index (χ1n) is 9.91. The van der Waals surface area contributed by atoms with Crippen LogP contribution in [0.4, 0.5) is 32.2 Å². The van der Waals surface area contributed by atoms with Crippen LogP contribution in [0.3, 0.4) is 0 Å². The number of hydrogen-bond donors (Lipinski definition) is 3. The van der Waals surface area contributed by atoms with Crippen LogP contribution >= 0.6 is 0 Å². The number of aliphatic carboxylic acids is 2. The van der Waals surface area contributed by atoms with Crippen molar-refractivity contribution in [3.63, 3.8) is 0 Å². The van der Waals surface area contributed by atoms with Gasteiger partial charge in [-0.2, -0.15) is 26.3 Å². The number of alkyl halides is 6. The first kappa shape index (κ1) is 26.5. The van der Waals surface area contributed by atoms with Gasteiger partial charge in [-0.15, -0.1) is 0 Å². The van der Waals surface area contributed by atoms with Crippen molar-refractivity contribution in [2.75, 3.05) is 24.6 Å². The first-order valence-corrected chi connectivity index (χ1v) is 9.91. The minimum Gasteiger partial charge on any atom is -0.492 e. The Hall–Kier alpha value is -2.77. The van der Waals surface area contributed by atoms with E-state index < -0.39 is 24.3 Å². The maximum Gasteiger partial charge on any atom is 0.490 e. The van der Waals surface area contributed by atoms with Gasteiger partial charge in [-0.3, -0.25) is 0 Å². The number of carbonyl (C=O) groups is 2. The summed E-state index contributed by atoms with van der Waals surface area (Å²) in [5.74, 6) is -2.59. The monoisotopic (exact) mass is 487 g/mol. The molecule has 2 atom stereocenters. The third-order valence-corrected chi connectivity index (χ3v) is 4.97. The van der Waals surface area contributed by atoms with E-state index in [9.17, 15) is 26.3 Å². The summed E-state index contributed by atoms with van der Waals surface area (Å²) >= 11 is 0. The van der Waals surface area contributed by atoms with Crippen LogP contribution in [0, 0.1) is 5.92 Å². The topological polar surface area (TPSA) is 112 Å². The van der Waals surface area contributed by atoms with Crippen LogP contribution in [0.1, 0.15) is 25.3 Å². The van der Waals surface area contributed by atoms with Gasteiger partial charge in [-0.1, -0.05) is 0 Å². The van der Waals surface area contributed by atoms with Crippen molar-refractivity contribution >= 4 is 17.8 Å². The van der Waals surface area contributed by atoms with Gasteiger partial charge in [-0.05, 0) is 38.2 Å². The summed E-state index contributed by atoms with van der Waals surface area (Å²) in [6.45, 7) is 5.26. The van der Waals surface area contributed by atoms with Gasteiger partial charge in [-0.25, -0.2) is 14.6 Å². The molecule has 0 unspecified atom stereocenters. The van der Waals surface area contributed by atoms with Gasteiger partial charge >= 0.3 is 24.3 Å². The van der Waals surface area contributed by atoms with E-state index in [2.05, 4.69) is 28.2 Å². The van der Waals surface area contributed by atoms with Crippen molar-refractivity contribution in [2.45, 2.75) is 50.6 Å². The van der Waals surface area contributed by atoms with Crippen LogP contribution in [0.25, 0.3) is 0 Å². The Balaban J connectivity index is 0.000000230. The third-order valence-electron chi connectivity index (χ3n) is 4.97. The SMILES string of the molecule is C[C@@H]1CNC[C@H]2Cc3cc(OCC4CC4)cnc3N21.O=C(O)C(F)(F)F.O=C(O)C(F)(F)F. The lowest BCUT2D eigenvalue weighted by molar-refractivity contribution is -0.193. The number of nitrogens with one attached hydrogen (secondary N) is 1. The molecule has 4 rings (SSSR count). The summed E-state index contributed by atoms with van der Waals surface area (Å²) in [4.78, 5) is 24.9. The molecular formula is C19H23F6N3O5. The Labute approximate surface area is 184 Å². The number of hydrogen-bond acceptors (Lipinski definition) is 6. The summed E-state index contributed by atoms with van der Waals surface area (Å²) in [7, 11) is 0. The largest absolute Gasteiger partial charge is 0.492 e. The first-order chi connectivity index (χ1) is 15.2. The van der Waals surface area contributed by atoms with Crippen molar-refractivity contribution in [3.05, 3.63) is 17.8 Å². The molecule has 1 aromatic heterocycles. The van der Waals surface area contributed by atoms with Gasteiger partial charge < -0.3 is 25.2 Å². The molecule has 0 aromatic carbocycles. The number of halogens is 6. The highest BCUT2D eigenvalue weighted by Gasteiger charge is 2.39. The molecule has 0 bridgehead atoms. The fourth-order valence-electron chi connectivity index (χ4n) is 3.26. The van der Waals surface area contributed by atoms with Crippen LogP contribution in [0.5, 0.6) is 5.75 Å². The molecule has 2 fully saturated rings. The quantitative estimate of drug-likeness (QED) is 0.559. The predicted molar refractivity (Wildman–Crippen MR) is 102 cm³/mol. The molecule has 1 saturated heterocycles.